The summed E-state index contributed by atoms with van der Waals surface area (Å²) in [7, 11) is -3.15. The highest BCUT2D eigenvalue weighted by Gasteiger charge is 2.45. The number of carbonyl (C=O) groups excluding carboxylic acids is 5. The fraction of sp³-hybridized carbons (Fsp3) is 0.479. The monoisotopic (exact) mass is 963 g/mol. The summed E-state index contributed by atoms with van der Waals surface area (Å²) in [6.45, 7) is 8.57. The van der Waals surface area contributed by atoms with E-state index in [2.05, 4.69) is 32.0 Å². The summed E-state index contributed by atoms with van der Waals surface area (Å²) in [6.07, 6.45) is 9.05. The fourth-order valence-electron chi connectivity index (χ4n) is 10.8. The van der Waals surface area contributed by atoms with Crippen molar-refractivity contribution >= 4 is 79.1 Å². The predicted molar refractivity (Wildman–Crippen MR) is 254 cm³/mol. The van der Waals surface area contributed by atoms with Gasteiger partial charge in [0.15, 0.2) is 0 Å². The van der Waals surface area contributed by atoms with E-state index in [-0.39, 0.29) is 66.3 Å². The maximum absolute atomic E-state index is 16.0. The molecule has 21 heteroatoms. The minimum absolute atomic E-state index is 0.0132. The van der Waals surface area contributed by atoms with Gasteiger partial charge in [-0.3, -0.25) is 39.2 Å². The van der Waals surface area contributed by atoms with E-state index in [9.17, 15) is 32.4 Å². The molecule has 3 aromatic heterocycles. The van der Waals surface area contributed by atoms with Gasteiger partial charge in [0.05, 0.1) is 59.3 Å². The maximum atomic E-state index is 16.0. The van der Waals surface area contributed by atoms with Crippen molar-refractivity contribution in [3.05, 3.63) is 78.4 Å². The molecule has 362 valence electrons. The fourth-order valence-corrected chi connectivity index (χ4v) is 12.0. The Hall–Kier alpha value is -6.61. The molecule has 0 aliphatic carbocycles. The van der Waals surface area contributed by atoms with Crippen molar-refractivity contribution in [2.24, 2.45) is 5.92 Å². The van der Waals surface area contributed by atoms with Crippen LogP contribution in [0.2, 0.25) is 0 Å². The quantitative estimate of drug-likeness (QED) is 0.152. The van der Waals surface area contributed by atoms with Crippen LogP contribution in [0.1, 0.15) is 84.3 Å². The van der Waals surface area contributed by atoms with E-state index in [1.165, 1.54) is 12.3 Å². The van der Waals surface area contributed by atoms with E-state index in [1.807, 2.05) is 13.0 Å². The van der Waals surface area contributed by atoms with Gasteiger partial charge in [-0.25, -0.2) is 22.8 Å². The number of rotatable bonds is 12. The number of nitrogens with one attached hydrogen (secondary N) is 2. The number of fused-ring (bicyclic) bond motifs is 2. The van der Waals surface area contributed by atoms with Gasteiger partial charge in [0.2, 0.25) is 23.7 Å². The van der Waals surface area contributed by atoms with Gasteiger partial charge < -0.3 is 29.7 Å². The standard InChI is InChI=1S/C48H54FN11O8S/c1-4-43(62)58-16-5-6-36(58)44-32-21-41(51-22-34(32)38(23-52-44)59-24-28(27(59)2)26-69(3,66)67)53-40-11-15-50-48(54-40)57-19-14-39(35(49)25-57)68-30-12-17-56(18-13-30)29-7-8-31-33(20-29)47(65)60(46(31)64)37-9-10-42(61)55-45(37)63/h4,7-8,11,15,20-23,27-28,30,35-37,39H,1,5-6,9-10,12-14,16-19,24-26H2,2-3H3,(H,55,61,63)(H,50,51,53,54)/t27-,28-,35+,36?,37?,39-/m1/s1. The molecule has 0 bridgehead atoms. The van der Waals surface area contributed by atoms with Gasteiger partial charge in [-0.15, -0.1) is 0 Å². The number of carbonyl (C=O) groups is 5. The molecular formula is C48H54FN11O8S. The summed E-state index contributed by atoms with van der Waals surface area (Å²) in [5.41, 5.74) is 2.78. The van der Waals surface area contributed by atoms with E-state index in [0.717, 1.165) is 45.6 Å². The van der Waals surface area contributed by atoms with Crippen molar-refractivity contribution in [1.82, 2.24) is 35.1 Å². The number of alkyl halides is 1. The lowest BCUT2D eigenvalue weighted by molar-refractivity contribution is -0.136. The zero-order valence-electron chi connectivity index (χ0n) is 38.4. The Morgan fingerprint density at radius 1 is 0.899 bits per heavy atom. The van der Waals surface area contributed by atoms with Gasteiger partial charge in [-0.05, 0) is 81.9 Å². The first-order chi connectivity index (χ1) is 33.1. The number of halogens is 1. The SMILES string of the molecule is C=CC(=O)N1CCCC1c1ncc(N2C[C@H](CS(C)(=O)=O)[C@H]2C)c2cnc(Nc3ccnc(N4CC[C@@H](OC5CCN(c6ccc7c(c6)C(=O)N(C6CCC(=O)NC6=O)C7=O)CC5)[C@@H](F)C4)n3)cc12. The summed E-state index contributed by atoms with van der Waals surface area (Å²) >= 11 is 0. The Labute approximate surface area is 398 Å². The van der Waals surface area contributed by atoms with Crippen LogP contribution in [-0.2, 0) is 29.0 Å². The van der Waals surface area contributed by atoms with Gasteiger partial charge in [0, 0.05) is 86.2 Å². The van der Waals surface area contributed by atoms with Crippen LogP contribution in [0.5, 0.6) is 0 Å². The minimum atomic E-state index is -3.15. The van der Waals surface area contributed by atoms with Crippen LogP contribution in [-0.4, -0.2) is 149 Å². The van der Waals surface area contributed by atoms with Crippen LogP contribution < -0.4 is 25.3 Å². The van der Waals surface area contributed by atoms with Crippen LogP contribution in [0, 0.1) is 5.92 Å². The molecule has 6 atom stereocenters. The lowest BCUT2D eigenvalue weighted by Gasteiger charge is -2.48. The number of benzene rings is 1. The lowest BCUT2D eigenvalue weighted by atomic mass is 9.90. The normalized spacial score (nSPS) is 25.5. The number of amides is 5. The molecule has 2 unspecified atom stereocenters. The molecule has 6 aliphatic rings. The number of pyridine rings is 2. The van der Waals surface area contributed by atoms with Crippen LogP contribution in [0.15, 0.2) is 61.6 Å². The molecule has 19 nitrogen and oxygen atoms in total. The van der Waals surface area contributed by atoms with Crippen LogP contribution >= 0.6 is 0 Å². The highest BCUT2D eigenvalue weighted by Crippen LogP contribution is 2.42. The van der Waals surface area contributed by atoms with Crippen molar-refractivity contribution < 1.29 is 41.5 Å². The largest absolute Gasteiger partial charge is 0.372 e. The Balaban J connectivity index is 0.774. The van der Waals surface area contributed by atoms with E-state index in [0.29, 0.717) is 69.6 Å². The molecule has 10 rings (SSSR count). The molecular weight excluding hydrogens is 910 g/mol. The predicted octanol–water partition coefficient (Wildman–Crippen LogP) is 3.89. The van der Waals surface area contributed by atoms with Gasteiger partial charge in [-0.2, -0.15) is 4.98 Å². The Morgan fingerprint density at radius 2 is 1.68 bits per heavy atom. The lowest BCUT2D eigenvalue weighted by Crippen LogP contribution is -2.57. The average Bonchev–Trinajstić information content (AvgIpc) is 3.92. The Bertz CT molecular complexity index is 2880. The van der Waals surface area contributed by atoms with Crippen LogP contribution in [0.4, 0.5) is 33.3 Å². The van der Waals surface area contributed by atoms with Gasteiger partial charge in [0.25, 0.3) is 11.8 Å². The maximum Gasteiger partial charge on any atom is 0.262 e. The molecule has 0 radical (unpaired) electrons. The highest BCUT2D eigenvalue weighted by molar-refractivity contribution is 7.90. The molecule has 0 spiro atoms. The van der Waals surface area contributed by atoms with Gasteiger partial charge in [0.1, 0.15) is 33.7 Å². The second-order valence-electron chi connectivity index (χ2n) is 18.9. The molecule has 0 saturated carbocycles. The topological polar surface area (TPSA) is 221 Å². The zero-order chi connectivity index (χ0) is 48.3. The molecule has 69 heavy (non-hydrogen) atoms. The third kappa shape index (κ3) is 8.97. The molecule has 5 amide bonds. The van der Waals surface area contributed by atoms with Crippen LogP contribution in [0.25, 0.3) is 10.8 Å². The number of hydrogen-bond acceptors (Lipinski definition) is 16. The van der Waals surface area contributed by atoms with Gasteiger partial charge >= 0.3 is 0 Å². The number of anilines is 5. The number of piperidine rings is 3. The second-order valence-corrected chi connectivity index (χ2v) is 21.1. The molecule has 9 heterocycles. The smallest absolute Gasteiger partial charge is 0.262 e. The second kappa shape index (κ2) is 18.4. The zero-order valence-corrected chi connectivity index (χ0v) is 39.2. The summed E-state index contributed by atoms with van der Waals surface area (Å²) in [5, 5.41) is 7.16. The molecule has 5 fully saturated rings. The first-order valence-corrected chi connectivity index (χ1v) is 25.6. The number of imide groups is 2. The van der Waals surface area contributed by atoms with Crippen molar-refractivity contribution in [2.75, 3.05) is 71.3 Å². The third-order valence-electron chi connectivity index (χ3n) is 14.5. The number of aromatic nitrogens is 4. The molecule has 4 aromatic rings. The van der Waals surface area contributed by atoms with Crippen molar-refractivity contribution in [1.29, 1.82) is 0 Å². The van der Waals surface area contributed by atoms with Gasteiger partial charge in [-0.1, -0.05) is 6.58 Å². The first-order valence-electron chi connectivity index (χ1n) is 23.5. The summed E-state index contributed by atoms with van der Waals surface area (Å²) < 4.78 is 46.5. The number of likely N-dealkylation sites (tertiary alicyclic amines) is 1. The first kappa shape index (κ1) is 46.1. The van der Waals surface area contributed by atoms with E-state index in [1.54, 1.807) is 52.7 Å². The molecule has 2 N–H and O–H groups in total. The molecule has 6 aliphatic heterocycles. The van der Waals surface area contributed by atoms with Crippen LogP contribution in [0.3, 0.4) is 0 Å². The van der Waals surface area contributed by atoms with Crippen molar-refractivity contribution in [2.45, 2.75) is 88.4 Å². The van der Waals surface area contributed by atoms with E-state index < -0.39 is 51.8 Å². The molecule has 5 saturated heterocycles. The number of nitrogens with zero attached hydrogens (tertiary/aromatic N) is 9. The summed E-state index contributed by atoms with van der Waals surface area (Å²) in [4.78, 5) is 91.4. The number of ether oxygens (including phenoxy) is 1. The summed E-state index contributed by atoms with van der Waals surface area (Å²) in [6, 6.07) is 7.35. The average molecular weight is 964 g/mol. The Morgan fingerprint density at radius 3 is 2.42 bits per heavy atom. The highest BCUT2D eigenvalue weighted by atomic mass is 32.2. The molecule has 1 aromatic carbocycles. The number of sulfone groups is 1. The Kier molecular flexibility index (Phi) is 12.3. The van der Waals surface area contributed by atoms with E-state index >= 15 is 4.39 Å². The minimum Gasteiger partial charge on any atom is -0.372 e. The van der Waals surface area contributed by atoms with Crippen molar-refractivity contribution in [3.63, 3.8) is 0 Å². The van der Waals surface area contributed by atoms with E-state index in [4.69, 9.17) is 19.7 Å². The number of hydrogen-bond donors (Lipinski definition) is 2. The third-order valence-corrected chi connectivity index (χ3v) is 15.5. The van der Waals surface area contributed by atoms with Crippen molar-refractivity contribution in [3.8, 4) is 0 Å². The summed E-state index contributed by atoms with van der Waals surface area (Å²) in [5.74, 6) is -0.968.